The molecule has 0 aliphatic carbocycles. The average molecular weight is 251 g/mol. The Labute approximate surface area is 110 Å². The molecule has 0 aliphatic rings. The Morgan fingerprint density at radius 1 is 1.41 bits per heavy atom. The maximum atomic E-state index is 3.50. The van der Waals surface area contributed by atoms with Crippen LogP contribution in [0.25, 0.3) is 6.08 Å². The van der Waals surface area contributed by atoms with Gasteiger partial charge >= 0.3 is 0 Å². The van der Waals surface area contributed by atoms with E-state index in [1.165, 1.54) is 27.3 Å². The molecule has 0 fully saturated rings. The summed E-state index contributed by atoms with van der Waals surface area (Å²) in [6.07, 6.45) is 3.56. The van der Waals surface area contributed by atoms with Gasteiger partial charge in [-0.05, 0) is 44.4 Å². The third kappa shape index (κ3) is 4.64. The molecule has 2 heteroatoms. The Hall–Kier alpha value is -0.600. The fourth-order valence-electron chi connectivity index (χ4n) is 1.82. The summed E-state index contributed by atoms with van der Waals surface area (Å²) >= 11 is 1.89. The molecule has 1 aromatic rings. The SMILES string of the molecule is CCCNCC(=Cc1cc(C)sc1C)C(C)C. The van der Waals surface area contributed by atoms with Crippen LogP contribution in [0.2, 0.25) is 0 Å². The van der Waals surface area contributed by atoms with Crippen LogP contribution in [0.5, 0.6) is 0 Å². The van der Waals surface area contributed by atoms with E-state index in [2.05, 4.69) is 52.1 Å². The predicted molar refractivity (Wildman–Crippen MR) is 79.8 cm³/mol. The summed E-state index contributed by atoms with van der Waals surface area (Å²) in [5.41, 5.74) is 2.90. The quantitative estimate of drug-likeness (QED) is 0.739. The van der Waals surface area contributed by atoms with E-state index in [0.29, 0.717) is 5.92 Å². The minimum absolute atomic E-state index is 0.610. The van der Waals surface area contributed by atoms with Gasteiger partial charge in [0.15, 0.2) is 0 Å². The van der Waals surface area contributed by atoms with Gasteiger partial charge in [0.25, 0.3) is 0 Å². The van der Waals surface area contributed by atoms with Gasteiger partial charge in [0, 0.05) is 16.3 Å². The maximum absolute atomic E-state index is 3.50. The molecule has 1 rings (SSSR count). The molecule has 0 saturated heterocycles. The van der Waals surface area contributed by atoms with Gasteiger partial charge in [-0.1, -0.05) is 32.4 Å². The van der Waals surface area contributed by atoms with Crippen LogP contribution in [0.1, 0.15) is 42.5 Å². The smallest absolute Gasteiger partial charge is 0.0170 e. The third-order valence-corrected chi connectivity index (χ3v) is 3.90. The first kappa shape index (κ1) is 14.5. The Morgan fingerprint density at radius 3 is 2.59 bits per heavy atom. The third-order valence-electron chi connectivity index (χ3n) is 2.92. The van der Waals surface area contributed by atoms with Gasteiger partial charge in [0.2, 0.25) is 0 Å². The Kier molecular flexibility index (Phi) is 5.93. The lowest BCUT2D eigenvalue weighted by Crippen LogP contribution is -2.19. The molecule has 1 N–H and O–H groups in total. The van der Waals surface area contributed by atoms with Crippen LogP contribution in [0, 0.1) is 19.8 Å². The molecule has 0 aliphatic heterocycles. The second-order valence-corrected chi connectivity index (χ2v) is 6.38. The summed E-state index contributed by atoms with van der Waals surface area (Å²) in [6.45, 7) is 13.3. The fourth-order valence-corrected chi connectivity index (χ4v) is 2.73. The molecule has 0 spiro atoms. The Balaban J connectivity index is 2.79. The second-order valence-electron chi connectivity index (χ2n) is 4.92. The van der Waals surface area contributed by atoms with E-state index in [9.17, 15) is 0 Å². The molecule has 1 heterocycles. The van der Waals surface area contributed by atoms with Crippen LogP contribution in [0.3, 0.4) is 0 Å². The molecule has 17 heavy (non-hydrogen) atoms. The summed E-state index contributed by atoms with van der Waals surface area (Å²) in [5, 5.41) is 3.50. The molecule has 0 unspecified atom stereocenters. The summed E-state index contributed by atoms with van der Waals surface area (Å²) in [4.78, 5) is 2.83. The first-order valence-corrected chi connectivity index (χ1v) is 7.34. The van der Waals surface area contributed by atoms with E-state index < -0.39 is 0 Å². The highest BCUT2D eigenvalue weighted by Gasteiger charge is 2.06. The number of aryl methyl sites for hydroxylation is 2. The topological polar surface area (TPSA) is 12.0 Å². The van der Waals surface area contributed by atoms with Gasteiger partial charge in [0.1, 0.15) is 0 Å². The molecule has 0 radical (unpaired) electrons. The lowest BCUT2D eigenvalue weighted by Gasteiger charge is -2.12. The molecular formula is C15H25NS. The summed E-state index contributed by atoms with van der Waals surface area (Å²) < 4.78 is 0. The molecule has 0 amide bonds. The molecule has 96 valence electrons. The van der Waals surface area contributed by atoms with Gasteiger partial charge in [-0.25, -0.2) is 0 Å². The van der Waals surface area contributed by atoms with Crippen molar-refractivity contribution in [2.75, 3.05) is 13.1 Å². The van der Waals surface area contributed by atoms with Gasteiger partial charge in [-0.3, -0.25) is 0 Å². The fraction of sp³-hybridized carbons (Fsp3) is 0.600. The van der Waals surface area contributed by atoms with Gasteiger partial charge in [-0.15, -0.1) is 11.3 Å². The van der Waals surface area contributed by atoms with Crippen molar-refractivity contribution in [3.05, 3.63) is 27.0 Å². The van der Waals surface area contributed by atoms with Crippen LogP contribution < -0.4 is 5.32 Å². The molecule has 0 saturated carbocycles. The van der Waals surface area contributed by atoms with Crippen LogP contribution in [0.4, 0.5) is 0 Å². The molecule has 1 nitrogen and oxygen atoms in total. The standard InChI is InChI=1S/C15H25NS/c1-6-7-16-10-15(11(2)3)9-14-8-12(4)17-13(14)5/h8-9,11,16H,6-7,10H2,1-5H3. The van der Waals surface area contributed by atoms with Crippen LogP contribution in [-0.2, 0) is 0 Å². The summed E-state index contributed by atoms with van der Waals surface area (Å²) in [5.74, 6) is 0.610. The van der Waals surface area contributed by atoms with Crippen molar-refractivity contribution in [1.29, 1.82) is 0 Å². The van der Waals surface area contributed by atoms with Crippen LogP contribution in [-0.4, -0.2) is 13.1 Å². The highest BCUT2D eigenvalue weighted by atomic mass is 32.1. The Bertz CT molecular complexity index is 374. The molecule has 1 aromatic heterocycles. The average Bonchev–Trinajstić information content (AvgIpc) is 2.56. The number of hydrogen-bond acceptors (Lipinski definition) is 2. The molecular weight excluding hydrogens is 226 g/mol. The van der Waals surface area contributed by atoms with E-state index in [1.54, 1.807) is 0 Å². The number of nitrogens with one attached hydrogen (secondary N) is 1. The minimum Gasteiger partial charge on any atom is -0.313 e. The first-order valence-electron chi connectivity index (χ1n) is 6.52. The van der Waals surface area contributed by atoms with E-state index in [1.807, 2.05) is 11.3 Å². The van der Waals surface area contributed by atoms with Gasteiger partial charge in [-0.2, -0.15) is 0 Å². The van der Waals surface area contributed by atoms with Crippen molar-refractivity contribution in [1.82, 2.24) is 5.32 Å². The summed E-state index contributed by atoms with van der Waals surface area (Å²) in [6, 6.07) is 2.29. The lowest BCUT2D eigenvalue weighted by atomic mass is 10.0. The van der Waals surface area contributed by atoms with Crippen LogP contribution >= 0.6 is 11.3 Å². The highest BCUT2D eigenvalue weighted by Crippen LogP contribution is 2.24. The number of hydrogen-bond donors (Lipinski definition) is 1. The number of thiophene rings is 1. The normalized spacial score (nSPS) is 12.5. The zero-order chi connectivity index (χ0) is 12.8. The van der Waals surface area contributed by atoms with Crippen molar-refractivity contribution in [3.63, 3.8) is 0 Å². The van der Waals surface area contributed by atoms with Crippen molar-refractivity contribution < 1.29 is 0 Å². The van der Waals surface area contributed by atoms with Crippen LogP contribution in [0.15, 0.2) is 11.6 Å². The maximum Gasteiger partial charge on any atom is 0.0170 e. The predicted octanol–water partition coefficient (Wildman–Crippen LogP) is 4.40. The van der Waals surface area contributed by atoms with Gasteiger partial charge < -0.3 is 5.32 Å². The van der Waals surface area contributed by atoms with E-state index in [-0.39, 0.29) is 0 Å². The van der Waals surface area contributed by atoms with Crippen molar-refractivity contribution in [2.24, 2.45) is 5.92 Å². The van der Waals surface area contributed by atoms with Crippen molar-refractivity contribution in [3.8, 4) is 0 Å². The monoisotopic (exact) mass is 251 g/mol. The lowest BCUT2D eigenvalue weighted by molar-refractivity contribution is 0.657. The first-order chi connectivity index (χ1) is 8.04. The van der Waals surface area contributed by atoms with Gasteiger partial charge in [0.05, 0.1) is 0 Å². The largest absolute Gasteiger partial charge is 0.313 e. The van der Waals surface area contributed by atoms with E-state index >= 15 is 0 Å². The van der Waals surface area contributed by atoms with Crippen molar-refractivity contribution >= 4 is 17.4 Å². The highest BCUT2D eigenvalue weighted by molar-refractivity contribution is 7.12. The van der Waals surface area contributed by atoms with E-state index in [4.69, 9.17) is 0 Å². The second kappa shape index (κ2) is 6.97. The van der Waals surface area contributed by atoms with E-state index in [0.717, 1.165) is 13.1 Å². The zero-order valence-corrected chi connectivity index (χ0v) is 12.6. The summed E-state index contributed by atoms with van der Waals surface area (Å²) in [7, 11) is 0. The zero-order valence-electron chi connectivity index (χ0n) is 11.8. The number of rotatable bonds is 6. The molecule has 0 aromatic carbocycles. The molecule has 0 atom stereocenters. The Morgan fingerprint density at radius 2 is 2.12 bits per heavy atom. The minimum atomic E-state index is 0.610. The molecule has 0 bridgehead atoms. The van der Waals surface area contributed by atoms with Crippen molar-refractivity contribution in [2.45, 2.75) is 41.0 Å².